The molecule has 7 heteroatoms. The van der Waals surface area contributed by atoms with Crippen molar-refractivity contribution in [3.05, 3.63) is 49.0 Å². The van der Waals surface area contributed by atoms with Crippen molar-refractivity contribution in [1.82, 2.24) is 19.3 Å². The summed E-state index contributed by atoms with van der Waals surface area (Å²) in [7, 11) is 1.74. The van der Waals surface area contributed by atoms with Crippen LogP contribution >= 0.6 is 11.6 Å². The van der Waals surface area contributed by atoms with Gasteiger partial charge < -0.3 is 0 Å². The molecule has 0 bridgehead atoms. The molecule has 2 aromatic heterocycles. The zero-order valence-corrected chi connectivity index (χ0v) is 11.8. The van der Waals surface area contributed by atoms with Gasteiger partial charge in [-0.3, -0.25) is 19.0 Å². The van der Waals surface area contributed by atoms with Crippen LogP contribution in [-0.4, -0.2) is 19.3 Å². The first-order valence-electron chi connectivity index (χ1n) is 5.94. The highest BCUT2D eigenvalue weighted by Gasteiger charge is 2.13. The van der Waals surface area contributed by atoms with Crippen LogP contribution in [0.15, 0.2) is 15.8 Å². The summed E-state index contributed by atoms with van der Waals surface area (Å²) < 4.78 is 3.00. The molecule has 2 rings (SSSR count). The number of aromatic nitrogens is 4. The third-order valence-corrected chi connectivity index (χ3v) is 3.54. The second-order valence-electron chi connectivity index (χ2n) is 4.37. The van der Waals surface area contributed by atoms with Gasteiger partial charge in [0.15, 0.2) is 0 Å². The molecular weight excluding hydrogens is 268 g/mol. The van der Waals surface area contributed by atoms with Crippen molar-refractivity contribution in [3.8, 4) is 0 Å². The molecule has 0 amide bonds. The second kappa shape index (κ2) is 5.05. The maximum absolute atomic E-state index is 11.8. The van der Waals surface area contributed by atoms with Gasteiger partial charge in [0.25, 0.3) is 5.56 Å². The molecule has 0 saturated carbocycles. The number of aromatic amines is 1. The van der Waals surface area contributed by atoms with Gasteiger partial charge in [-0.05, 0) is 13.3 Å². The minimum absolute atomic E-state index is 0.293. The van der Waals surface area contributed by atoms with Crippen LogP contribution in [0, 0.1) is 6.92 Å². The van der Waals surface area contributed by atoms with Crippen molar-refractivity contribution in [2.45, 2.75) is 26.8 Å². The standard InChI is InChI=1S/C12H15ClN4O2/c1-4-8-5-17(12(19)14-11(8)18)6-9-7(2)15-16(3)10(9)13/h5H,4,6H2,1-3H3,(H,14,18,19). The molecule has 0 spiro atoms. The summed E-state index contributed by atoms with van der Waals surface area (Å²) in [5.41, 5.74) is 1.33. The van der Waals surface area contributed by atoms with Crippen molar-refractivity contribution >= 4 is 11.6 Å². The fourth-order valence-corrected chi connectivity index (χ4v) is 2.18. The Balaban J connectivity index is 2.49. The highest BCUT2D eigenvalue weighted by atomic mass is 35.5. The van der Waals surface area contributed by atoms with Crippen molar-refractivity contribution in [3.63, 3.8) is 0 Å². The molecule has 0 aromatic carbocycles. The Hall–Kier alpha value is -1.82. The molecule has 0 aliphatic carbocycles. The summed E-state index contributed by atoms with van der Waals surface area (Å²) in [6.45, 7) is 3.99. The molecule has 1 N–H and O–H groups in total. The van der Waals surface area contributed by atoms with E-state index in [0.29, 0.717) is 23.7 Å². The van der Waals surface area contributed by atoms with E-state index < -0.39 is 5.69 Å². The van der Waals surface area contributed by atoms with Crippen LogP contribution in [0.3, 0.4) is 0 Å². The van der Waals surface area contributed by atoms with E-state index in [-0.39, 0.29) is 5.56 Å². The molecule has 2 heterocycles. The number of hydrogen-bond donors (Lipinski definition) is 1. The molecule has 0 radical (unpaired) electrons. The highest BCUT2D eigenvalue weighted by molar-refractivity contribution is 6.30. The van der Waals surface area contributed by atoms with Gasteiger partial charge in [-0.15, -0.1) is 0 Å². The summed E-state index contributed by atoms with van der Waals surface area (Å²) in [4.78, 5) is 25.6. The van der Waals surface area contributed by atoms with Crippen LogP contribution in [-0.2, 0) is 20.0 Å². The molecule has 102 valence electrons. The highest BCUT2D eigenvalue weighted by Crippen LogP contribution is 2.19. The molecular formula is C12H15ClN4O2. The summed E-state index contributed by atoms with van der Waals surface area (Å²) >= 11 is 6.13. The number of aryl methyl sites for hydroxylation is 3. The van der Waals surface area contributed by atoms with Crippen molar-refractivity contribution < 1.29 is 0 Å². The lowest BCUT2D eigenvalue weighted by atomic mass is 10.2. The lowest BCUT2D eigenvalue weighted by Gasteiger charge is -2.06. The van der Waals surface area contributed by atoms with Crippen LogP contribution in [0.25, 0.3) is 0 Å². The van der Waals surface area contributed by atoms with Gasteiger partial charge in [-0.25, -0.2) is 4.79 Å². The summed E-state index contributed by atoms with van der Waals surface area (Å²) in [6, 6.07) is 0. The third kappa shape index (κ3) is 2.49. The van der Waals surface area contributed by atoms with E-state index in [9.17, 15) is 9.59 Å². The monoisotopic (exact) mass is 282 g/mol. The number of rotatable bonds is 3. The van der Waals surface area contributed by atoms with Crippen LogP contribution in [0.5, 0.6) is 0 Å². The van der Waals surface area contributed by atoms with E-state index in [4.69, 9.17) is 11.6 Å². The average molecular weight is 283 g/mol. The smallest absolute Gasteiger partial charge is 0.296 e. The van der Waals surface area contributed by atoms with Crippen molar-refractivity contribution in [2.75, 3.05) is 0 Å². The van der Waals surface area contributed by atoms with Gasteiger partial charge >= 0.3 is 5.69 Å². The molecule has 0 atom stereocenters. The van der Waals surface area contributed by atoms with Gasteiger partial charge in [0.05, 0.1) is 12.2 Å². The van der Waals surface area contributed by atoms with Gasteiger partial charge in [-0.1, -0.05) is 18.5 Å². The van der Waals surface area contributed by atoms with Gasteiger partial charge in [0, 0.05) is 24.4 Å². The van der Waals surface area contributed by atoms with Gasteiger partial charge in [-0.2, -0.15) is 5.10 Å². The third-order valence-electron chi connectivity index (χ3n) is 3.06. The largest absolute Gasteiger partial charge is 0.328 e. The van der Waals surface area contributed by atoms with E-state index in [2.05, 4.69) is 10.1 Å². The summed E-state index contributed by atoms with van der Waals surface area (Å²) in [6.07, 6.45) is 2.14. The van der Waals surface area contributed by atoms with Gasteiger partial charge in [0.2, 0.25) is 0 Å². The zero-order valence-electron chi connectivity index (χ0n) is 11.0. The molecule has 6 nitrogen and oxygen atoms in total. The topological polar surface area (TPSA) is 72.7 Å². The first-order valence-corrected chi connectivity index (χ1v) is 6.32. The van der Waals surface area contributed by atoms with Crippen molar-refractivity contribution in [2.24, 2.45) is 7.05 Å². The predicted octanol–water partition coefficient (Wildman–Crippen LogP) is 0.843. The maximum Gasteiger partial charge on any atom is 0.328 e. The van der Waals surface area contributed by atoms with Crippen LogP contribution in [0.1, 0.15) is 23.7 Å². The molecule has 2 aromatic rings. The minimum Gasteiger partial charge on any atom is -0.296 e. The molecule has 0 saturated heterocycles. The normalized spacial score (nSPS) is 10.9. The Morgan fingerprint density at radius 3 is 2.63 bits per heavy atom. The Bertz CT molecular complexity index is 726. The van der Waals surface area contributed by atoms with Crippen LogP contribution in [0.2, 0.25) is 5.15 Å². The number of hydrogen-bond acceptors (Lipinski definition) is 3. The lowest BCUT2D eigenvalue weighted by molar-refractivity contribution is 0.704. The van der Waals surface area contributed by atoms with E-state index in [1.807, 2.05) is 13.8 Å². The molecule has 0 fully saturated rings. The summed E-state index contributed by atoms with van der Waals surface area (Å²) in [5.74, 6) is 0. The quantitative estimate of drug-likeness (QED) is 0.907. The Labute approximate surface area is 114 Å². The lowest BCUT2D eigenvalue weighted by Crippen LogP contribution is -2.32. The number of nitrogens with zero attached hydrogens (tertiary/aromatic N) is 3. The summed E-state index contributed by atoms with van der Waals surface area (Å²) in [5, 5.41) is 4.69. The maximum atomic E-state index is 11.8. The Morgan fingerprint density at radius 2 is 2.11 bits per heavy atom. The SMILES string of the molecule is CCc1cn(Cc2c(C)nn(C)c2Cl)c(=O)[nH]c1=O. The van der Waals surface area contributed by atoms with E-state index in [0.717, 1.165) is 11.3 Å². The Kier molecular flexibility index (Phi) is 3.61. The Morgan fingerprint density at radius 1 is 1.42 bits per heavy atom. The fourth-order valence-electron chi connectivity index (χ4n) is 1.95. The van der Waals surface area contributed by atoms with Crippen LogP contribution < -0.4 is 11.2 Å². The fraction of sp³-hybridized carbons (Fsp3) is 0.417. The number of H-pyrrole nitrogens is 1. The second-order valence-corrected chi connectivity index (χ2v) is 4.73. The van der Waals surface area contributed by atoms with Gasteiger partial charge in [0.1, 0.15) is 5.15 Å². The molecule has 0 aliphatic rings. The first kappa shape index (κ1) is 13.6. The molecule has 19 heavy (non-hydrogen) atoms. The predicted molar refractivity (Wildman–Crippen MR) is 72.8 cm³/mol. The minimum atomic E-state index is -0.443. The molecule has 0 aliphatic heterocycles. The zero-order chi connectivity index (χ0) is 14.2. The van der Waals surface area contributed by atoms with E-state index in [1.165, 1.54) is 4.57 Å². The number of halogens is 1. The van der Waals surface area contributed by atoms with Crippen molar-refractivity contribution in [1.29, 1.82) is 0 Å². The van der Waals surface area contributed by atoms with E-state index >= 15 is 0 Å². The molecule has 0 unspecified atom stereocenters. The van der Waals surface area contributed by atoms with Crippen LogP contribution in [0.4, 0.5) is 0 Å². The van der Waals surface area contributed by atoms with E-state index in [1.54, 1.807) is 17.9 Å². The first-order chi connectivity index (χ1) is 8.93. The average Bonchev–Trinajstić information content (AvgIpc) is 2.59. The number of nitrogens with one attached hydrogen (secondary N) is 1.